The molecule has 30 heavy (non-hydrogen) atoms. The smallest absolute Gasteiger partial charge is 0.191 e. The summed E-state index contributed by atoms with van der Waals surface area (Å²) in [7, 11) is 4.03. The fourth-order valence-electron chi connectivity index (χ4n) is 3.41. The number of benzene rings is 1. The third kappa shape index (κ3) is 9.83. The van der Waals surface area contributed by atoms with Crippen molar-refractivity contribution in [1.29, 1.82) is 0 Å². The van der Waals surface area contributed by atoms with E-state index in [2.05, 4.69) is 72.3 Å². The molecule has 2 rings (SSSR count). The normalized spacial score (nSPS) is 17.9. The zero-order valence-electron chi connectivity index (χ0n) is 19.6. The number of piperazine rings is 1. The molecular weight excluding hydrogens is 489 g/mol. The van der Waals surface area contributed by atoms with Crippen LogP contribution in [0.5, 0.6) is 5.75 Å². The van der Waals surface area contributed by atoms with Gasteiger partial charge in [-0.2, -0.15) is 0 Å². The number of ether oxygens (including phenoxy) is 1. The van der Waals surface area contributed by atoms with Gasteiger partial charge >= 0.3 is 0 Å². The number of nitrogens with one attached hydrogen (secondary N) is 2. The van der Waals surface area contributed by atoms with Crippen LogP contribution in [0.4, 0.5) is 0 Å². The summed E-state index contributed by atoms with van der Waals surface area (Å²) in [5.41, 5.74) is 1.22. The molecular formula is C23H42IN5O. The second-order valence-electron chi connectivity index (χ2n) is 8.80. The molecule has 1 fully saturated rings. The maximum Gasteiger partial charge on any atom is 0.191 e. The molecule has 1 aliphatic heterocycles. The van der Waals surface area contributed by atoms with Crippen LogP contribution in [0.15, 0.2) is 29.3 Å². The molecule has 1 aliphatic rings. The minimum Gasteiger partial charge on any atom is -0.493 e. The lowest BCUT2D eigenvalue weighted by Gasteiger charge is -2.34. The van der Waals surface area contributed by atoms with Crippen molar-refractivity contribution >= 4 is 29.9 Å². The Kier molecular flexibility index (Phi) is 12.7. The Bertz CT molecular complexity index is 615. The molecule has 0 radical (unpaired) electrons. The number of nitrogens with zero attached hydrogens (tertiary/aromatic N) is 3. The lowest BCUT2D eigenvalue weighted by atomic mass is 10.1. The maximum absolute atomic E-state index is 5.77. The van der Waals surface area contributed by atoms with Crippen molar-refractivity contribution in [2.24, 2.45) is 16.8 Å². The van der Waals surface area contributed by atoms with E-state index in [0.717, 1.165) is 31.4 Å². The van der Waals surface area contributed by atoms with E-state index in [0.29, 0.717) is 11.8 Å². The fourth-order valence-corrected chi connectivity index (χ4v) is 3.41. The molecule has 2 N–H and O–H groups in total. The van der Waals surface area contributed by atoms with E-state index in [9.17, 15) is 0 Å². The molecule has 1 saturated heterocycles. The lowest BCUT2D eigenvalue weighted by Crippen LogP contribution is -2.47. The lowest BCUT2D eigenvalue weighted by molar-refractivity contribution is 0.139. The van der Waals surface area contributed by atoms with Crippen molar-refractivity contribution in [3.63, 3.8) is 0 Å². The van der Waals surface area contributed by atoms with Gasteiger partial charge in [-0.15, -0.1) is 24.0 Å². The van der Waals surface area contributed by atoms with Gasteiger partial charge in [0.25, 0.3) is 0 Å². The van der Waals surface area contributed by atoms with Crippen LogP contribution in [-0.4, -0.2) is 75.7 Å². The number of rotatable bonds is 9. The van der Waals surface area contributed by atoms with Crippen LogP contribution in [0.1, 0.15) is 39.3 Å². The monoisotopic (exact) mass is 531 g/mol. The Labute approximate surface area is 200 Å². The minimum absolute atomic E-state index is 0. The van der Waals surface area contributed by atoms with Gasteiger partial charge in [-0.3, -0.25) is 4.99 Å². The predicted molar refractivity (Wildman–Crippen MR) is 138 cm³/mol. The standard InChI is InChI=1S/C23H41N5O.HI/c1-18(2)17-29-22-9-7-21(8-10-22)20(4)26-23(24-5)25-15-19(3)16-28-13-11-27(6)12-14-28;/h7-10,18-20H,11-17H2,1-6H3,(H2,24,25,26);1H. The van der Waals surface area contributed by atoms with E-state index >= 15 is 0 Å². The average Bonchev–Trinajstić information content (AvgIpc) is 2.71. The van der Waals surface area contributed by atoms with E-state index in [1.807, 2.05) is 19.2 Å². The topological polar surface area (TPSA) is 52.1 Å². The van der Waals surface area contributed by atoms with Crippen molar-refractivity contribution < 1.29 is 4.74 Å². The number of likely N-dealkylation sites (N-methyl/N-ethyl adjacent to an activating group) is 1. The quantitative estimate of drug-likeness (QED) is 0.291. The number of hydrogen-bond acceptors (Lipinski definition) is 4. The summed E-state index contributed by atoms with van der Waals surface area (Å²) in [5.74, 6) is 2.88. The van der Waals surface area contributed by atoms with Gasteiger partial charge in [-0.1, -0.05) is 32.9 Å². The second kappa shape index (κ2) is 14.1. The van der Waals surface area contributed by atoms with Crippen molar-refractivity contribution in [3.05, 3.63) is 29.8 Å². The molecule has 0 aliphatic carbocycles. The van der Waals surface area contributed by atoms with E-state index in [4.69, 9.17) is 4.74 Å². The Morgan fingerprint density at radius 3 is 2.27 bits per heavy atom. The third-order valence-electron chi connectivity index (χ3n) is 5.32. The van der Waals surface area contributed by atoms with Crippen LogP contribution < -0.4 is 15.4 Å². The Morgan fingerprint density at radius 1 is 1.07 bits per heavy atom. The van der Waals surface area contributed by atoms with Crippen LogP contribution in [0, 0.1) is 11.8 Å². The molecule has 6 nitrogen and oxygen atoms in total. The molecule has 172 valence electrons. The first-order valence-corrected chi connectivity index (χ1v) is 11.0. The maximum atomic E-state index is 5.77. The molecule has 7 heteroatoms. The third-order valence-corrected chi connectivity index (χ3v) is 5.32. The van der Waals surface area contributed by atoms with Gasteiger partial charge in [-0.25, -0.2) is 0 Å². The van der Waals surface area contributed by atoms with Crippen molar-refractivity contribution in [3.8, 4) is 5.75 Å². The van der Waals surface area contributed by atoms with Gasteiger partial charge in [0.05, 0.1) is 12.6 Å². The van der Waals surface area contributed by atoms with Gasteiger partial charge in [-0.05, 0) is 43.5 Å². The van der Waals surface area contributed by atoms with Gasteiger partial charge in [0.15, 0.2) is 5.96 Å². The molecule has 1 heterocycles. The number of aliphatic imine (C=N–C) groups is 1. The van der Waals surface area contributed by atoms with Crippen molar-refractivity contribution in [1.82, 2.24) is 20.4 Å². The second-order valence-corrected chi connectivity index (χ2v) is 8.80. The first-order chi connectivity index (χ1) is 13.9. The molecule has 0 saturated carbocycles. The van der Waals surface area contributed by atoms with Crippen molar-refractivity contribution in [2.75, 3.05) is 60.0 Å². The summed E-state index contributed by atoms with van der Waals surface area (Å²) >= 11 is 0. The first kappa shape index (κ1) is 27.0. The Balaban J connectivity index is 0.00000450. The number of guanidine groups is 1. The van der Waals surface area contributed by atoms with Crippen LogP contribution in [0.2, 0.25) is 0 Å². The van der Waals surface area contributed by atoms with E-state index in [1.54, 1.807) is 0 Å². The molecule has 2 unspecified atom stereocenters. The minimum atomic E-state index is 0. The van der Waals surface area contributed by atoms with Gasteiger partial charge < -0.3 is 25.2 Å². The molecule has 0 spiro atoms. The predicted octanol–water partition coefficient (Wildman–Crippen LogP) is 3.45. The first-order valence-electron chi connectivity index (χ1n) is 11.0. The summed E-state index contributed by atoms with van der Waals surface area (Å²) in [5, 5.41) is 6.98. The summed E-state index contributed by atoms with van der Waals surface area (Å²) in [6.45, 7) is 16.2. The summed E-state index contributed by atoms with van der Waals surface area (Å²) in [6.07, 6.45) is 0. The largest absolute Gasteiger partial charge is 0.493 e. The van der Waals surface area contributed by atoms with Gasteiger partial charge in [0.1, 0.15) is 5.75 Å². The zero-order valence-corrected chi connectivity index (χ0v) is 22.0. The zero-order chi connectivity index (χ0) is 21.2. The summed E-state index contributed by atoms with van der Waals surface area (Å²) in [6, 6.07) is 8.51. The van der Waals surface area contributed by atoms with Gasteiger partial charge in [0.2, 0.25) is 0 Å². The highest BCUT2D eigenvalue weighted by Crippen LogP contribution is 2.18. The van der Waals surface area contributed by atoms with E-state index < -0.39 is 0 Å². The number of hydrogen-bond donors (Lipinski definition) is 2. The van der Waals surface area contributed by atoms with Crippen LogP contribution >= 0.6 is 24.0 Å². The summed E-state index contributed by atoms with van der Waals surface area (Å²) < 4.78 is 5.77. The molecule has 1 aromatic carbocycles. The molecule has 2 atom stereocenters. The Hall–Kier alpha value is -1.06. The highest BCUT2D eigenvalue weighted by molar-refractivity contribution is 14.0. The SMILES string of the molecule is CN=C(NCC(C)CN1CCN(C)CC1)NC(C)c1ccc(OCC(C)C)cc1.I. The van der Waals surface area contributed by atoms with E-state index in [-0.39, 0.29) is 30.0 Å². The number of halogens is 1. The molecule has 0 amide bonds. The van der Waals surface area contributed by atoms with Crippen LogP contribution in [0.3, 0.4) is 0 Å². The molecule has 0 aromatic heterocycles. The molecule has 1 aromatic rings. The van der Waals surface area contributed by atoms with E-state index in [1.165, 1.54) is 31.7 Å². The highest BCUT2D eigenvalue weighted by Gasteiger charge is 2.16. The van der Waals surface area contributed by atoms with Crippen LogP contribution in [0.25, 0.3) is 0 Å². The van der Waals surface area contributed by atoms with Crippen molar-refractivity contribution in [2.45, 2.75) is 33.7 Å². The van der Waals surface area contributed by atoms with Crippen LogP contribution in [-0.2, 0) is 0 Å². The summed E-state index contributed by atoms with van der Waals surface area (Å²) in [4.78, 5) is 9.36. The Morgan fingerprint density at radius 2 is 1.70 bits per heavy atom. The average molecular weight is 532 g/mol. The highest BCUT2D eigenvalue weighted by atomic mass is 127. The molecule has 0 bridgehead atoms. The van der Waals surface area contributed by atoms with Gasteiger partial charge in [0, 0.05) is 46.3 Å². The fraction of sp³-hybridized carbons (Fsp3) is 0.696.